The number of rotatable bonds is 2. The van der Waals surface area contributed by atoms with E-state index in [1.54, 1.807) is 11.3 Å². The van der Waals surface area contributed by atoms with Crippen LogP contribution in [0.15, 0.2) is 42.0 Å². The number of benzene rings is 1. The van der Waals surface area contributed by atoms with E-state index in [2.05, 4.69) is 34.4 Å². The molecule has 0 fully saturated rings. The van der Waals surface area contributed by atoms with Crippen LogP contribution in [0, 0.1) is 0 Å². The van der Waals surface area contributed by atoms with Crippen LogP contribution in [0.5, 0.6) is 0 Å². The summed E-state index contributed by atoms with van der Waals surface area (Å²) in [6.07, 6.45) is 3.93. The predicted octanol–water partition coefficient (Wildman–Crippen LogP) is 2.56. The summed E-state index contributed by atoms with van der Waals surface area (Å²) < 4.78 is 1.98. The summed E-state index contributed by atoms with van der Waals surface area (Å²) in [4.78, 5) is 22.1. The highest BCUT2D eigenvalue weighted by Crippen LogP contribution is 2.23. The smallest absolute Gasteiger partial charge is 0.318 e. The molecule has 2 aromatic heterocycles. The summed E-state index contributed by atoms with van der Waals surface area (Å²) in [5, 5.41) is 4.99. The molecule has 0 saturated carbocycles. The van der Waals surface area contributed by atoms with Crippen molar-refractivity contribution in [2.45, 2.75) is 13.1 Å². The third-order valence-corrected chi connectivity index (χ3v) is 5.09. The van der Waals surface area contributed by atoms with Crippen LogP contribution in [-0.4, -0.2) is 40.5 Å². The van der Waals surface area contributed by atoms with Crippen LogP contribution in [0.4, 0.5) is 10.5 Å². The maximum atomic E-state index is 12.6. The van der Waals surface area contributed by atoms with Gasteiger partial charge in [-0.05, 0) is 11.6 Å². The van der Waals surface area contributed by atoms with E-state index in [-0.39, 0.29) is 6.03 Å². The number of aromatic nitrogens is 2. The minimum atomic E-state index is -0.0449. The van der Waals surface area contributed by atoms with Crippen LogP contribution in [0.3, 0.4) is 0 Å². The molecule has 4 rings (SSSR count). The number of nitrogens with zero attached hydrogens (tertiary/aromatic N) is 4. The molecule has 3 heterocycles. The molecule has 6 nitrogen and oxygen atoms in total. The number of imidazole rings is 1. The summed E-state index contributed by atoms with van der Waals surface area (Å²) in [5.41, 5.74) is 3.25. The highest BCUT2D eigenvalue weighted by Gasteiger charge is 2.21. The minimum Gasteiger partial charge on any atom is -0.373 e. The topological polar surface area (TPSA) is 52.9 Å². The molecule has 0 aliphatic carbocycles. The molecule has 2 amide bonds. The van der Waals surface area contributed by atoms with Gasteiger partial charge in [-0.2, -0.15) is 0 Å². The quantitative estimate of drug-likeness (QED) is 0.779. The molecular weight excluding hydrogens is 322 g/mol. The Morgan fingerprint density at radius 3 is 3.08 bits per heavy atom. The number of urea groups is 1. The number of carbonyl (C=O) groups excluding carboxylic acids is 1. The molecule has 0 atom stereocenters. The van der Waals surface area contributed by atoms with Gasteiger partial charge in [-0.25, -0.2) is 9.78 Å². The first-order chi connectivity index (χ1) is 11.7. The number of amides is 2. The van der Waals surface area contributed by atoms with E-state index in [9.17, 15) is 4.79 Å². The number of fused-ring (bicyclic) bond motifs is 2. The average Bonchev–Trinajstić information content (AvgIpc) is 3.13. The lowest BCUT2D eigenvalue weighted by Crippen LogP contribution is -2.41. The number of likely N-dealkylation sites (N-methyl/N-ethyl adjacent to an activating group) is 1. The summed E-state index contributed by atoms with van der Waals surface area (Å²) in [6, 6.07) is 8.20. The molecule has 3 aromatic rings. The van der Waals surface area contributed by atoms with Crippen molar-refractivity contribution in [3.63, 3.8) is 0 Å². The van der Waals surface area contributed by atoms with E-state index in [1.165, 1.54) is 11.3 Å². The Labute approximate surface area is 144 Å². The highest BCUT2D eigenvalue weighted by atomic mass is 32.1. The van der Waals surface area contributed by atoms with Crippen LogP contribution < -0.4 is 10.2 Å². The summed E-state index contributed by atoms with van der Waals surface area (Å²) in [6.45, 7) is 2.60. The van der Waals surface area contributed by atoms with Crippen molar-refractivity contribution in [2.24, 2.45) is 0 Å². The van der Waals surface area contributed by atoms with E-state index in [1.807, 2.05) is 39.2 Å². The zero-order valence-electron chi connectivity index (χ0n) is 13.5. The third-order valence-electron chi connectivity index (χ3n) is 4.32. The monoisotopic (exact) mass is 341 g/mol. The second kappa shape index (κ2) is 6.16. The molecule has 24 heavy (non-hydrogen) atoms. The fraction of sp³-hybridized carbons (Fsp3) is 0.294. The zero-order valence-corrected chi connectivity index (χ0v) is 14.3. The Kier molecular flexibility index (Phi) is 3.86. The number of carbonyl (C=O) groups is 1. The van der Waals surface area contributed by atoms with Gasteiger partial charge in [0.2, 0.25) is 0 Å². The van der Waals surface area contributed by atoms with Crippen molar-refractivity contribution < 1.29 is 4.79 Å². The maximum absolute atomic E-state index is 12.6. The fourth-order valence-electron chi connectivity index (χ4n) is 3.01. The van der Waals surface area contributed by atoms with Gasteiger partial charge in [-0.1, -0.05) is 18.2 Å². The molecule has 0 bridgehead atoms. The van der Waals surface area contributed by atoms with Crippen molar-refractivity contribution in [2.75, 3.05) is 25.0 Å². The van der Waals surface area contributed by atoms with E-state index >= 15 is 0 Å². The molecule has 1 aliphatic heterocycles. The number of anilines is 1. The largest absolute Gasteiger partial charge is 0.373 e. The molecule has 0 unspecified atom stereocenters. The molecule has 1 aliphatic rings. The SMILES string of the molecule is CN1CCN(C(=O)NCc2cn3ccsc3n2)Cc2ccccc21. The fourth-order valence-corrected chi connectivity index (χ4v) is 3.72. The number of hydrogen-bond donors (Lipinski definition) is 1. The van der Waals surface area contributed by atoms with Crippen molar-refractivity contribution >= 4 is 28.0 Å². The third kappa shape index (κ3) is 2.82. The summed E-state index contributed by atoms with van der Waals surface area (Å²) >= 11 is 1.59. The van der Waals surface area contributed by atoms with Crippen LogP contribution in [-0.2, 0) is 13.1 Å². The highest BCUT2D eigenvalue weighted by molar-refractivity contribution is 7.15. The first kappa shape index (κ1) is 15.0. The molecule has 0 saturated heterocycles. The zero-order chi connectivity index (χ0) is 16.5. The van der Waals surface area contributed by atoms with E-state index < -0.39 is 0 Å². The molecular formula is C17H19N5OS. The predicted molar refractivity (Wildman–Crippen MR) is 95.4 cm³/mol. The molecule has 0 radical (unpaired) electrons. The minimum absolute atomic E-state index is 0.0449. The molecule has 1 N–H and O–H groups in total. The van der Waals surface area contributed by atoms with Crippen LogP contribution in [0.25, 0.3) is 4.96 Å². The van der Waals surface area contributed by atoms with Crippen LogP contribution in [0.1, 0.15) is 11.3 Å². The molecule has 124 valence electrons. The second-order valence-corrected chi connectivity index (χ2v) is 6.83. The van der Waals surface area contributed by atoms with E-state index in [0.29, 0.717) is 19.6 Å². The van der Waals surface area contributed by atoms with Gasteiger partial charge < -0.3 is 15.1 Å². The van der Waals surface area contributed by atoms with E-state index in [0.717, 1.165) is 17.2 Å². The Balaban J connectivity index is 1.43. The number of thiazole rings is 1. The Hall–Kier alpha value is -2.54. The van der Waals surface area contributed by atoms with Crippen LogP contribution >= 0.6 is 11.3 Å². The first-order valence-electron chi connectivity index (χ1n) is 7.93. The van der Waals surface area contributed by atoms with Crippen molar-refractivity contribution in [1.82, 2.24) is 19.6 Å². The normalized spacial score (nSPS) is 14.5. The van der Waals surface area contributed by atoms with Gasteiger partial charge in [-0.15, -0.1) is 11.3 Å². The number of nitrogens with one attached hydrogen (secondary N) is 1. The van der Waals surface area contributed by atoms with Crippen LogP contribution in [0.2, 0.25) is 0 Å². The number of hydrogen-bond acceptors (Lipinski definition) is 4. The van der Waals surface area contributed by atoms with Gasteiger partial charge in [0.25, 0.3) is 0 Å². The first-order valence-corrected chi connectivity index (χ1v) is 8.81. The summed E-state index contributed by atoms with van der Waals surface area (Å²) in [5.74, 6) is 0. The van der Waals surface area contributed by atoms with Gasteiger partial charge in [0.1, 0.15) is 0 Å². The molecule has 1 aromatic carbocycles. The molecule has 0 spiro atoms. The maximum Gasteiger partial charge on any atom is 0.318 e. The van der Waals surface area contributed by atoms with Gasteiger partial charge >= 0.3 is 6.03 Å². The van der Waals surface area contributed by atoms with Crippen molar-refractivity contribution in [3.05, 3.63) is 53.3 Å². The molecule has 7 heteroatoms. The Morgan fingerprint density at radius 1 is 1.33 bits per heavy atom. The number of para-hydroxylation sites is 1. The summed E-state index contributed by atoms with van der Waals surface area (Å²) in [7, 11) is 2.07. The second-order valence-electron chi connectivity index (χ2n) is 5.96. The van der Waals surface area contributed by atoms with Crippen molar-refractivity contribution in [1.29, 1.82) is 0 Å². The Bertz CT molecular complexity index is 842. The lowest BCUT2D eigenvalue weighted by Gasteiger charge is -2.21. The van der Waals surface area contributed by atoms with Gasteiger partial charge in [0.05, 0.1) is 12.2 Å². The van der Waals surface area contributed by atoms with Gasteiger partial charge in [-0.3, -0.25) is 4.40 Å². The lowest BCUT2D eigenvalue weighted by atomic mass is 10.1. The van der Waals surface area contributed by atoms with Gasteiger partial charge in [0.15, 0.2) is 4.96 Å². The van der Waals surface area contributed by atoms with E-state index in [4.69, 9.17) is 0 Å². The Morgan fingerprint density at radius 2 is 2.21 bits per heavy atom. The standard InChI is InChI=1S/C17H19N5OS/c1-20-6-7-21(11-13-4-2-3-5-15(13)20)16(23)18-10-14-12-22-8-9-24-17(22)19-14/h2-5,8-9,12H,6-7,10-11H2,1H3,(H,18,23). The van der Waals surface area contributed by atoms with Gasteiger partial charge in [0, 0.05) is 50.1 Å². The lowest BCUT2D eigenvalue weighted by molar-refractivity contribution is 0.197. The van der Waals surface area contributed by atoms with Crippen molar-refractivity contribution in [3.8, 4) is 0 Å². The average molecular weight is 341 g/mol.